The second kappa shape index (κ2) is 5.87. The Kier molecular flexibility index (Phi) is 3.76. The molecule has 0 aliphatic rings. The first-order valence-corrected chi connectivity index (χ1v) is 7.05. The minimum absolute atomic E-state index is 0.229. The van der Waals surface area contributed by atoms with Gasteiger partial charge in [0.05, 0.1) is 11.7 Å². The molecule has 4 heteroatoms. The average Bonchev–Trinajstić information content (AvgIpc) is 2.95. The second-order valence-corrected chi connectivity index (χ2v) is 4.99. The Morgan fingerprint density at radius 3 is 2.55 bits per heavy atom. The van der Waals surface area contributed by atoms with Crippen LogP contribution in [-0.4, -0.2) is 16.6 Å². The average molecular weight is 291 g/mol. The van der Waals surface area contributed by atoms with E-state index in [0.717, 1.165) is 16.6 Å². The fourth-order valence-electron chi connectivity index (χ4n) is 2.46. The van der Waals surface area contributed by atoms with E-state index < -0.39 is 6.17 Å². The minimum Gasteiger partial charge on any atom is -0.332 e. The molecule has 1 unspecified atom stereocenters. The number of aromatic nitrogens is 1. The van der Waals surface area contributed by atoms with Crippen LogP contribution in [0.3, 0.4) is 0 Å². The third-order valence-electron chi connectivity index (χ3n) is 3.51. The first-order chi connectivity index (χ1) is 10.7. The monoisotopic (exact) mass is 291 g/mol. The standard InChI is InChI=1S/C18H17N3O/c1-2-17(19)20-18(22)16-12-13-8-6-7-11-15(13)21(16)14-9-4-3-5-10-14/h2-12,17H,1,19H2,(H,20,22). The lowest BCUT2D eigenvalue weighted by molar-refractivity contribution is 0.0939. The highest BCUT2D eigenvalue weighted by atomic mass is 16.2. The molecule has 1 heterocycles. The molecule has 2 aromatic carbocycles. The summed E-state index contributed by atoms with van der Waals surface area (Å²) in [6.07, 6.45) is 0.919. The van der Waals surface area contributed by atoms with Crippen LogP contribution in [0.15, 0.2) is 73.3 Å². The van der Waals surface area contributed by atoms with E-state index in [1.54, 1.807) is 0 Å². The van der Waals surface area contributed by atoms with Crippen molar-refractivity contribution in [1.29, 1.82) is 0 Å². The molecule has 0 fully saturated rings. The molecular formula is C18H17N3O. The molecule has 0 saturated carbocycles. The number of nitrogens with two attached hydrogens (primary N) is 1. The smallest absolute Gasteiger partial charge is 0.269 e. The Labute approximate surface area is 128 Å². The summed E-state index contributed by atoms with van der Waals surface area (Å²) in [6.45, 7) is 3.58. The molecule has 0 spiro atoms. The van der Waals surface area contributed by atoms with Crippen molar-refractivity contribution in [2.24, 2.45) is 5.73 Å². The summed E-state index contributed by atoms with van der Waals surface area (Å²) in [7, 11) is 0. The van der Waals surface area contributed by atoms with Crippen molar-refractivity contribution in [2.75, 3.05) is 0 Å². The van der Waals surface area contributed by atoms with Gasteiger partial charge in [-0.3, -0.25) is 4.79 Å². The summed E-state index contributed by atoms with van der Waals surface area (Å²) in [5, 5.41) is 3.72. The first-order valence-electron chi connectivity index (χ1n) is 7.05. The van der Waals surface area contributed by atoms with Gasteiger partial charge in [0.25, 0.3) is 5.91 Å². The Balaban J connectivity index is 2.17. The van der Waals surface area contributed by atoms with Gasteiger partial charge in [0.15, 0.2) is 0 Å². The highest BCUT2D eigenvalue weighted by Gasteiger charge is 2.17. The van der Waals surface area contributed by atoms with Crippen molar-refractivity contribution in [3.63, 3.8) is 0 Å². The summed E-state index contributed by atoms with van der Waals surface area (Å²) >= 11 is 0. The van der Waals surface area contributed by atoms with Gasteiger partial charge in [0.1, 0.15) is 5.69 Å². The van der Waals surface area contributed by atoms with E-state index in [9.17, 15) is 4.79 Å². The third kappa shape index (κ3) is 2.52. The zero-order chi connectivity index (χ0) is 15.5. The topological polar surface area (TPSA) is 60.0 Å². The molecule has 4 nitrogen and oxygen atoms in total. The summed E-state index contributed by atoms with van der Waals surface area (Å²) in [6, 6.07) is 19.5. The van der Waals surface area contributed by atoms with E-state index in [-0.39, 0.29) is 5.91 Å². The van der Waals surface area contributed by atoms with Crippen LogP contribution in [0.2, 0.25) is 0 Å². The van der Waals surface area contributed by atoms with Crippen LogP contribution in [0.1, 0.15) is 10.5 Å². The van der Waals surface area contributed by atoms with Crippen LogP contribution in [-0.2, 0) is 0 Å². The van der Waals surface area contributed by atoms with Gasteiger partial charge in [-0.05, 0) is 24.3 Å². The summed E-state index contributed by atoms with van der Waals surface area (Å²) in [5.74, 6) is -0.229. The fourth-order valence-corrected chi connectivity index (χ4v) is 2.46. The molecule has 1 atom stereocenters. The van der Waals surface area contributed by atoms with E-state index in [0.29, 0.717) is 5.69 Å². The Hall–Kier alpha value is -2.85. The fraction of sp³-hybridized carbons (Fsp3) is 0.0556. The van der Waals surface area contributed by atoms with Crippen LogP contribution in [0, 0.1) is 0 Å². The molecule has 0 saturated heterocycles. The van der Waals surface area contributed by atoms with Gasteiger partial charge in [0.2, 0.25) is 0 Å². The van der Waals surface area contributed by atoms with E-state index in [1.807, 2.05) is 65.2 Å². The number of benzene rings is 2. The van der Waals surface area contributed by atoms with Crippen molar-refractivity contribution >= 4 is 16.8 Å². The van der Waals surface area contributed by atoms with Crippen molar-refractivity contribution in [1.82, 2.24) is 9.88 Å². The van der Waals surface area contributed by atoms with E-state index >= 15 is 0 Å². The maximum absolute atomic E-state index is 12.5. The lowest BCUT2D eigenvalue weighted by atomic mass is 10.2. The second-order valence-electron chi connectivity index (χ2n) is 4.99. The number of nitrogens with one attached hydrogen (secondary N) is 1. The SMILES string of the molecule is C=CC(N)NC(=O)c1cc2ccccc2n1-c1ccccc1. The molecule has 1 amide bonds. The van der Waals surface area contributed by atoms with Crippen LogP contribution in [0.5, 0.6) is 0 Å². The number of hydrogen-bond acceptors (Lipinski definition) is 2. The lowest BCUT2D eigenvalue weighted by Gasteiger charge is -2.13. The van der Waals surface area contributed by atoms with Gasteiger partial charge >= 0.3 is 0 Å². The number of para-hydroxylation sites is 2. The molecule has 0 radical (unpaired) electrons. The Bertz CT molecular complexity index is 821. The zero-order valence-electron chi connectivity index (χ0n) is 12.1. The lowest BCUT2D eigenvalue weighted by Crippen LogP contribution is -2.40. The Morgan fingerprint density at radius 2 is 1.82 bits per heavy atom. The van der Waals surface area contributed by atoms with E-state index in [4.69, 9.17) is 5.73 Å². The van der Waals surface area contributed by atoms with Crippen molar-refractivity contribution < 1.29 is 4.79 Å². The van der Waals surface area contributed by atoms with Crippen molar-refractivity contribution in [3.8, 4) is 5.69 Å². The van der Waals surface area contributed by atoms with Crippen LogP contribution in [0.25, 0.3) is 16.6 Å². The number of carbonyl (C=O) groups is 1. The summed E-state index contributed by atoms with van der Waals surface area (Å²) < 4.78 is 1.93. The number of fused-ring (bicyclic) bond motifs is 1. The molecule has 0 aliphatic heterocycles. The number of rotatable bonds is 4. The van der Waals surface area contributed by atoms with Gasteiger partial charge in [-0.15, -0.1) is 0 Å². The minimum atomic E-state index is -0.574. The molecular weight excluding hydrogens is 274 g/mol. The third-order valence-corrected chi connectivity index (χ3v) is 3.51. The van der Waals surface area contributed by atoms with Crippen LogP contribution >= 0.6 is 0 Å². The quantitative estimate of drug-likeness (QED) is 0.573. The van der Waals surface area contributed by atoms with Crippen LogP contribution < -0.4 is 11.1 Å². The number of nitrogens with zero attached hydrogens (tertiary/aromatic N) is 1. The number of carbonyl (C=O) groups excluding carboxylic acids is 1. The number of hydrogen-bond donors (Lipinski definition) is 2. The molecule has 3 N–H and O–H groups in total. The van der Waals surface area contributed by atoms with Crippen LogP contribution in [0.4, 0.5) is 0 Å². The van der Waals surface area contributed by atoms with Gasteiger partial charge in [0, 0.05) is 11.1 Å². The predicted molar refractivity (Wildman–Crippen MR) is 88.9 cm³/mol. The van der Waals surface area contributed by atoms with Crippen molar-refractivity contribution in [3.05, 3.63) is 79.0 Å². The van der Waals surface area contributed by atoms with Gasteiger partial charge < -0.3 is 15.6 Å². The highest BCUT2D eigenvalue weighted by molar-refractivity contribution is 6.00. The van der Waals surface area contributed by atoms with Gasteiger partial charge in [-0.2, -0.15) is 0 Å². The maximum atomic E-state index is 12.5. The number of amides is 1. The predicted octanol–water partition coefficient (Wildman–Crippen LogP) is 2.83. The van der Waals surface area contributed by atoms with Gasteiger partial charge in [-0.25, -0.2) is 0 Å². The molecule has 110 valence electrons. The Morgan fingerprint density at radius 1 is 1.14 bits per heavy atom. The normalized spacial score (nSPS) is 12.0. The maximum Gasteiger partial charge on any atom is 0.269 e. The largest absolute Gasteiger partial charge is 0.332 e. The zero-order valence-corrected chi connectivity index (χ0v) is 12.1. The molecule has 3 rings (SSSR count). The summed E-state index contributed by atoms with van der Waals surface area (Å²) in [5.41, 5.74) is 8.19. The molecule has 0 bridgehead atoms. The molecule has 0 aliphatic carbocycles. The molecule has 1 aromatic heterocycles. The molecule has 22 heavy (non-hydrogen) atoms. The van der Waals surface area contributed by atoms with Crippen molar-refractivity contribution in [2.45, 2.75) is 6.17 Å². The highest BCUT2D eigenvalue weighted by Crippen LogP contribution is 2.24. The first kappa shape index (κ1) is 14.1. The van der Waals surface area contributed by atoms with E-state index in [1.165, 1.54) is 6.08 Å². The molecule has 3 aromatic rings. The van der Waals surface area contributed by atoms with Gasteiger partial charge in [-0.1, -0.05) is 49.1 Å². The van der Waals surface area contributed by atoms with E-state index in [2.05, 4.69) is 11.9 Å². The summed E-state index contributed by atoms with van der Waals surface area (Å²) in [4.78, 5) is 12.5.